The van der Waals surface area contributed by atoms with Gasteiger partial charge in [-0.2, -0.15) is 8.78 Å². The van der Waals surface area contributed by atoms with Crippen LogP contribution in [0.2, 0.25) is 0 Å². The molecule has 0 aliphatic carbocycles. The number of primary sulfonamides is 1. The molecule has 0 aliphatic heterocycles. The lowest BCUT2D eigenvalue weighted by atomic mass is 10.3. The normalized spacial score (nSPS) is 12.8. The van der Waals surface area contributed by atoms with Gasteiger partial charge in [0.05, 0.1) is 16.3 Å². The Morgan fingerprint density at radius 1 is 1.50 bits per heavy atom. The first-order valence-corrected chi connectivity index (χ1v) is 7.39. The summed E-state index contributed by atoms with van der Waals surface area (Å²) in [6.45, 7) is -0.180. The molecular formula is C9H10F4N2O3S2. The highest BCUT2D eigenvalue weighted by atomic mass is 32.2. The second-order valence-electron chi connectivity index (χ2n) is 3.82. The van der Waals surface area contributed by atoms with Crippen LogP contribution in [-0.2, 0) is 10.0 Å². The molecular weight excluding hydrogens is 324 g/mol. The van der Waals surface area contributed by atoms with Crippen LogP contribution >= 0.6 is 11.3 Å². The molecule has 0 bridgehead atoms. The molecule has 114 valence electrons. The van der Waals surface area contributed by atoms with Crippen LogP contribution in [0.3, 0.4) is 0 Å². The molecule has 1 aromatic rings. The Morgan fingerprint density at radius 2 is 2.05 bits per heavy atom. The zero-order chi connectivity index (χ0) is 15.7. The predicted octanol–water partition coefficient (Wildman–Crippen LogP) is 1.33. The monoisotopic (exact) mass is 334 g/mol. The fourth-order valence-corrected chi connectivity index (χ4v) is 3.28. The second kappa shape index (κ2) is 5.66. The van der Waals surface area contributed by atoms with Crippen molar-refractivity contribution in [3.8, 4) is 0 Å². The largest absolute Gasteiger partial charge is 0.345 e. The number of alkyl halides is 4. The molecule has 1 amide bonds. The van der Waals surface area contributed by atoms with E-state index in [0.717, 1.165) is 6.07 Å². The van der Waals surface area contributed by atoms with Crippen molar-refractivity contribution in [2.45, 2.75) is 24.2 Å². The molecule has 3 N–H and O–H groups in total. The van der Waals surface area contributed by atoms with Gasteiger partial charge in [-0.25, -0.2) is 22.3 Å². The standard InChI is InChI=1S/C9H10F4N2O3S2/c1-4-6(20(14,17)18)2-5(19-4)7(16)15-3-9(12,13)8(10)11/h2,8H,3H2,1H3,(H,15,16)(H2,14,17,18). The Hall–Kier alpha value is -1.20. The smallest absolute Gasteiger partial charge is 0.324 e. The molecule has 0 aromatic carbocycles. The number of carbonyl (C=O) groups excluding carboxylic acids is 1. The molecule has 11 heteroatoms. The quantitative estimate of drug-likeness (QED) is 0.796. The summed E-state index contributed by atoms with van der Waals surface area (Å²) < 4.78 is 71.3. The first-order valence-electron chi connectivity index (χ1n) is 5.02. The highest BCUT2D eigenvalue weighted by Crippen LogP contribution is 2.25. The van der Waals surface area contributed by atoms with Gasteiger partial charge in [0, 0.05) is 4.88 Å². The van der Waals surface area contributed by atoms with Gasteiger partial charge in [0.1, 0.15) is 0 Å². The van der Waals surface area contributed by atoms with Gasteiger partial charge in [-0.05, 0) is 13.0 Å². The molecule has 1 heterocycles. The van der Waals surface area contributed by atoms with Gasteiger partial charge in [0.2, 0.25) is 10.0 Å². The van der Waals surface area contributed by atoms with E-state index in [2.05, 4.69) is 0 Å². The Bertz CT molecular complexity index is 613. The summed E-state index contributed by atoms with van der Waals surface area (Å²) in [4.78, 5) is 11.2. The van der Waals surface area contributed by atoms with Crippen LogP contribution in [0, 0.1) is 6.92 Å². The minimum Gasteiger partial charge on any atom is -0.345 e. The molecule has 0 spiro atoms. The van der Waals surface area contributed by atoms with Gasteiger partial charge < -0.3 is 5.32 Å². The van der Waals surface area contributed by atoms with Crippen LogP contribution in [-0.4, -0.2) is 33.2 Å². The number of sulfonamides is 1. The van der Waals surface area contributed by atoms with Crippen LogP contribution in [0.15, 0.2) is 11.0 Å². The number of halogens is 4. The Labute approximate surface area is 115 Å². The molecule has 5 nitrogen and oxygen atoms in total. The zero-order valence-electron chi connectivity index (χ0n) is 9.99. The minimum atomic E-state index is -4.36. The number of hydrogen-bond donors (Lipinski definition) is 2. The van der Waals surface area contributed by atoms with E-state index in [1.807, 2.05) is 0 Å². The van der Waals surface area contributed by atoms with Crippen molar-refractivity contribution in [3.05, 3.63) is 15.8 Å². The Balaban J connectivity index is 2.85. The molecule has 0 fully saturated rings. The average Bonchev–Trinajstić information content (AvgIpc) is 2.68. The van der Waals surface area contributed by atoms with Crippen molar-refractivity contribution in [2.24, 2.45) is 5.14 Å². The molecule has 0 saturated heterocycles. The fraction of sp³-hybridized carbons (Fsp3) is 0.444. The topological polar surface area (TPSA) is 89.3 Å². The maximum absolute atomic E-state index is 12.6. The number of rotatable bonds is 5. The van der Waals surface area contributed by atoms with E-state index in [4.69, 9.17) is 5.14 Å². The maximum atomic E-state index is 12.6. The molecule has 0 aliphatic rings. The van der Waals surface area contributed by atoms with E-state index in [0.29, 0.717) is 11.3 Å². The fourth-order valence-electron chi connectivity index (χ4n) is 1.22. The van der Waals surface area contributed by atoms with Crippen molar-refractivity contribution >= 4 is 27.3 Å². The summed E-state index contributed by atoms with van der Waals surface area (Å²) in [7, 11) is -4.04. The highest BCUT2D eigenvalue weighted by molar-refractivity contribution is 7.89. The van der Waals surface area contributed by atoms with Crippen molar-refractivity contribution in [3.63, 3.8) is 0 Å². The lowest BCUT2D eigenvalue weighted by Gasteiger charge is -2.15. The lowest BCUT2D eigenvalue weighted by Crippen LogP contribution is -2.41. The summed E-state index contributed by atoms with van der Waals surface area (Å²) in [5.74, 6) is -5.43. The third-order valence-corrected chi connectivity index (χ3v) is 4.42. The zero-order valence-corrected chi connectivity index (χ0v) is 11.6. The summed E-state index contributed by atoms with van der Waals surface area (Å²) in [5.41, 5.74) is 0. The third kappa shape index (κ3) is 3.90. The van der Waals surface area contributed by atoms with E-state index in [-0.39, 0.29) is 14.6 Å². The molecule has 0 unspecified atom stereocenters. The summed E-state index contributed by atoms with van der Waals surface area (Å²) in [5, 5.41) is 6.50. The van der Waals surface area contributed by atoms with Crippen LogP contribution < -0.4 is 10.5 Å². The number of amides is 1. The molecule has 0 atom stereocenters. The first kappa shape index (κ1) is 16.9. The first-order chi connectivity index (χ1) is 8.95. The van der Waals surface area contributed by atoms with Crippen LogP contribution in [0.1, 0.15) is 14.5 Å². The van der Waals surface area contributed by atoms with Gasteiger partial charge in [-0.1, -0.05) is 0 Å². The number of hydrogen-bond acceptors (Lipinski definition) is 4. The van der Waals surface area contributed by atoms with E-state index in [9.17, 15) is 30.8 Å². The van der Waals surface area contributed by atoms with Crippen molar-refractivity contribution in [1.82, 2.24) is 5.32 Å². The van der Waals surface area contributed by atoms with Gasteiger partial charge in [-0.15, -0.1) is 11.3 Å². The molecule has 0 radical (unpaired) electrons. The van der Waals surface area contributed by atoms with Gasteiger partial charge in [-0.3, -0.25) is 4.79 Å². The number of carbonyl (C=O) groups is 1. The minimum absolute atomic E-state index is 0.193. The Kier molecular flexibility index (Phi) is 4.77. The Morgan fingerprint density at radius 3 is 2.45 bits per heavy atom. The van der Waals surface area contributed by atoms with Crippen molar-refractivity contribution < 1.29 is 30.8 Å². The number of nitrogens with one attached hydrogen (secondary N) is 1. The van der Waals surface area contributed by atoms with E-state index >= 15 is 0 Å². The van der Waals surface area contributed by atoms with E-state index < -0.39 is 34.8 Å². The van der Waals surface area contributed by atoms with E-state index in [1.54, 1.807) is 5.32 Å². The number of nitrogens with two attached hydrogens (primary N) is 1. The maximum Gasteiger partial charge on any atom is 0.324 e. The van der Waals surface area contributed by atoms with Gasteiger partial charge in [0.25, 0.3) is 5.91 Å². The van der Waals surface area contributed by atoms with Gasteiger partial charge in [0.15, 0.2) is 0 Å². The van der Waals surface area contributed by atoms with Crippen molar-refractivity contribution in [1.29, 1.82) is 0 Å². The summed E-state index contributed by atoms with van der Waals surface area (Å²) in [6.07, 6.45) is -3.91. The van der Waals surface area contributed by atoms with Gasteiger partial charge >= 0.3 is 12.3 Å². The number of aryl methyl sites for hydroxylation is 1. The van der Waals surface area contributed by atoms with Crippen LogP contribution in [0.5, 0.6) is 0 Å². The number of thiophene rings is 1. The van der Waals surface area contributed by atoms with E-state index in [1.165, 1.54) is 6.92 Å². The third-order valence-electron chi connectivity index (χ3n) is 2.21. The molecule has 20 heavy (non-hydrogen) atoms. The summed E-state index contributed by atoms with van der Waals surface area (Å²) in [6, 6.07) is 0.908. The highest BCUT2D eigenvalue weighted by Gasteiger charge is 2.41. The molecule has 1 rings (SSSR count). The lowest BCUT2D eigenvalue weighted by molar-refractivity contribution is -0.123. The van der Waals surface area contributed by atoms with Crippen molar-refractivity contribution in [2.75, 3.05) is 6.54 Å². The predicted molar refractivity (Wildman–Crippen MR) is 63.7 cm³/mol. The second-order valence-corrected chi connectivity index (χ2v) is 6.61. The van der Waals surface area contributed by atoms with Crippen LogP contribution in [0.25, 0.3) is 0 Å². The molecule has 1 aromatic heterocycles. The van der Waals surface area contributed by atoms with Crippen LogP contribution in [0.4, 0.5) is 17.6 Å². The molecule has 0 saturated carbocycles. The SMILES string of the molecule is Cc1sc(C(=O)NCC(F)(F)C(F)F)cc1S(N)(=O)=O. The average molecular weight is 334 g/mol. The summed E-state index contributed by atoms with van der Waals surface area (Å²) >= 11 is 0.705.